The number of aliphatic hydroxyl groups excluding tert-OH is 1. The summed E-state index contributed by atoms with van der Waals surface area (Å²) in [5, 5.41) is 8.79. The van der Waals surface area contributed by atoms with E-state index in [1.165, 1.54) is 0 Å². The SMILES string of the molecule is CC1CCCN(C(=O)N(CCO)CC(F)F)C1. The average Bonchev–Trinajstić information content (AvgIpc) is 2.27. The normalized spacial score (nSPS) is 20.8. The van der Waals surface area contributed by atoms with Crippen molar-refractivity contribution in [2.24, 2.45) is 5.92 Å². The van der Waals surface area contributed by atoms with E-state index in [-0.39, 0.29) is 19.2 Å². The predicted molar refractivity (Wildman–Crippen MR) is 60.0 cm³/mol. The van der Waals surface area contributed by atoms with Gasteiger partial charge < -0.3 is 14.9 Å². The Morgan fingerprint density at radius 3 is 2.82 bits per heavy atom. The Hall–Kier alpha value is -0.910. The fourth-order valence-electron chi connectivity index (χ4n) is 2.12. The molecule has 0 aliphatic carbocycles. The van der Waals surface area contributed by atoms with Gasteiger partial charge in [0.1, 0.15) is 0 Å². The zero-order valence-electron chi connectivity index (χ0n) is 10.1. The van der Waals surface area contributed by atoms with Gasteiger partial charge in [-0.3, -0.25) is 0 Å². The summed E-state index contributed by atoms with van der Waals surface area (Å²) in [5.74, 6) is 0.412. The molecule has 17 heavy (non-hydrogen) atoms. The van der Waals surface area contributed by atoms with Crippen molar-refractivity contribution in [1.29, 1.82) is 0 Å². The highest BCUT2D eigenvalue weighted by Gasteiger charge is 2.26. The molecule has 1 heterocycles. The molecule has 1 saturated heterocycles. The second-order valence-corrected chi connectivity index (χ2v) is 4.54. The van der Waals surface area contributed by atoms with Crippen LogP contribution in [0.1, 0.15) is 19.8 Å². The molecule has 1 fully saturated rings. The Morgan fingerprint density at radius 2 is 2.29 bits per heavy atom. The molecular weight excluding hydrogens is 230 g/mol. The number of alkyl halides is 2. The number of likely N-dealkylation sites (tertiary alicyclic amines) is 1. The van der Waals surface area contributed by atoms with Crippen molar-refractivity contribution in [2.45, 2.75) is 26.2 Å². The van der Waals surface area contributed by atoms with Crippen molar-refractivity contribution in [3.05, 3.63) is 0 Å². The van der Waals surface area contributed by atoms with Crippen LogP contribution in [0.2, 0.25) is 0 Å². The first-order valence-electron chi connectivity index (χ1n) is 5.97. The lowest BCUT2D eigenvalue weighted by molar-refractivity contribution is 0.0709. The number of amides is 2. The number of nitrogens with zero attached hydrogens (tertiary/aromatic N) is 2. The maximum Gasteiger partial charge on any atom is 0.320 e. The zero-order chi connectivity index (χ0) is 12.8. The second-order valence-electron chi connectivity index (χ2n) is 4.54. The van der Waals surface area contributed by atoms with Crippen LogP contribution in [0.25, 0.3) is 0 Å². The lowest BCUT2D eigenvalue weighted by Gasteiger charge is -2.35. The van der Waals surface area contributed by atoms with Crippen molar-refractivity contribution in [3.63, 3.8) is 0 Å². The Morgan fingerprint density at radius 1 is 1.59 bits per heavy atom. The third-order valence-electron chi connectivity index (χ3n) is 2.93. The first-order valence-corrected chi connectivity index (χ1v) is 5.97. The van der Waals surface area contributed by atoms with Crippen LogP contribution in [0.15, 0.2) is 0 Å². The highest BCUT2D eigenvalue weighted by atomic mass is 19.3. The van der Waals surface area contributed by atoms with Gasteiger partial charge in [0.25, 0.3) is 6.43 Å². The number of carbonyl (C=O) groups is 1. The van der Waals surface area contributed by atoms with Gasteiger partial charge in [0, 0.05) is 19.6 Å². The van der Waals surface area contributed by atoms with E-state index < -0.39 is 13.0 Å². The fraction of sp³-hybridized carbons (Fsp3) is 0.909. The molecule has 0 aromatic carbocycles. The van der Waals surface area contributed by atoms with E-state index in [9.17, 15) is 13.6 Å². The molecule has 1 aliphatic rings. The number of halogens is 2. The molecule has 2 amide bonds. The highest BCUT2D eigenvalue weighted by Crippen LogP contribution is 2.17. The van der Waals surface area contributed by atoms with Crippen LogP contribution < -0.4 is 0 Å². The lowest BCUT2D eigenvalue weighted by Crippen LogP contribution is -2.49. The molecule has 1 N–H and O–H groups in total. The van der Waals surface area contributed by atoms with Crippen LogP contribution in [0.3, 0.4) is 0 Å². The van der Waals surface area contributed by atoms with Gasteiger partial charge in [-0.2, -0.15) is 0 Å². The number of rotatable bonds is 4. The van der Waals surface area contributed by atoms with Crippen LogP contribution in [0.5, 0.6) is 0 Å². The summed E-state index contributed by atoms with van der Waals surface area (Å²) in [7, 11) is 0. The van der Waals surface area contributed by atoms with Gasteiger partial charge >= 0.3 is 6.03 Å². The number of carbonyl (C=O) groups excluding carboxylic acids is 1. The van der Waals surface area contributed by atoms with Crippen molar-refractivity contribution >= 4 is 6.03 Å². The third-order valence-corrected chi connectivity index (χ3v) is 2.93. The van der Waals surface area contributed by atoms with Gasteiger partial charge in [-0.05, 0) is 18.8 Å². The zero-order valence-corrected chi connectivity index (χ0v) is 10.1. The Bertz CT molecular complexity index is 252. The van der Waals surface area contributed by atoms with Crippen molar-refractivity contribution in [1.82, 2.24) is 9.80 Å². The maximum absolute atomic E-state index is 12.3. The third kappa shape index (κ3) is 4.46. The largest absolute Gasteiger partial charge is 0.395 e. The fourth-order valence-corrected chi connectivity index (χ4v) is 2.12. The average molecular weight is 250 g/mol. The summed E-state index contributed by atoms with van der Waals surface area (Å²) in [5.41, 5.74) is 0. The van der Waals surface area contributed by atoms with Crippen molar-refractivity contribution in [3.8, 4) is 0 Å². The molecule has 1 atom stereocenters. The summed E-state index contributed by atoms with van der Waals surface area (Å²) in [6.45, 7) is 2.35. The molecule has 1 aliphatic heterocycles. The monoisotopic (exact) mass is 250 g/mol. The number of aliphatic hydroxyl groups is 1. The Kier molecular flexibility index (Phi) is 5.61. The van der Waals surface area contributed by atoms with E-state index in [0.29, 0.717) is 19.0 Å². The van der Waals surface area contributed by atoms with E-state index in [2.05, 4.69) is 0 Å². The molecule has 100 valence electrons. The number of urea groups is 1. The van der Waals surface area contributed by atoms with Crippen LogP contribution in [0.4, 0.5) is 13.6 Å². The highest BCUT2D eigenvalue weighted by molar-refractivity contribution is 5.74. The summed E-state index contributed by atoms with van der Waals surface area (Å²) in [6.07, 6.45) is -0.583. The summed E-state index contributed by atoms with van der Waals surface area (Å²) >= 11 is 0. The summed E-state index contributed by atoms with van der Waals surface area (Å²) in [4.78, 5) is 14.6. The van der Waals surface area contributed by atoms with E-state index >= 15 is 0 Å². The minimum absolute atomic E-state index is 0.0337. The molecule has 0 radical (unpaired) electrons. The molecule has 6 heteroatoms. The molecular formula is C11H20F2N2O2. The van der Waals surface area contributed by atoms with Gasteiger partial charge in [-0.15, -0.1) is 0 Å². The van der Waals surface area contributed by atoms with Gasteiger partial charge in [-0.25, -0.2) is 13.6 Å². The quantitative estimate of drug-likeness (QED) is 0.819. The minimum atomic E-state index is -2.56. The predicted octanol–water partition coefficient (Wildman–Crippen LogP) is 1.40. The van der Waals surface area contributed by atoms with Crippen molar-refractivity contribution in [2.75, 3.05) is 32.8 Å². The molecule has 1 rings (SSSR count). The van der Waals surface area contributed by atoms with E-state index in [1.807, 2.05) is 6.92 Å². The van der Waals surface area contributed by atoms with E-state index in [0.717, 1.165) is 17.7 Å². The van der Waals surface area contributed by atoms with E-state index in [1.54, 1.807) is 4.90 Å². The molecule has 0 bridgehead atoms. The topological polar surface area (TPSA) is 43.8 Å². The molecule has 4 nitrogen and oxygen atoms in total. The summed E-state index contributed by atoms with van der Waals surface area (Å²) < 4.78 is 24.6. The van der Waals surface area contributed by atoms with Crippen molar-refractivity contribution < 1.29 is 18.7 Å². The molecule has 1 unspecified atom stereocenters. The van der Waals surface area contributed by atoms with Gasteiger partial charge in [0.05, 0.1) is 13.2 Å². The van der Waals surface area contributed by atoms with Gasteiger partial charge in [-0.1, -0.05) is 6.92 Å². The summed E-state index contributed by atoms with van der Waals surface area (Å²) in [6, 6.07) is -0.383. The standard InChI is InChI=1S/C11H20F2N2O2/c1-9-3-2-4-14(7-9)11(17)15(5-6-16)8-10(12)13/h9-10,16H,2-8H2,1H3. The molecule has 0 aromatic rings. The lowest BCUT2D eigenvalue weighted by atomic mass is 10.0. The van der Waals surface area contributed by atoms with Crippen LogP contribution in [0, 0.1) is 5.92 Å². The number of hydrogen-bond acceptors (Lipinski definition) is 2. The Labute approximate surface area is 100 Å². The molecule has 0 spiro atoms. The molecule has 0 saturated carbocycles. The van der Waals surface area contributed by atoms with Crippen LogP contribution in [-0.2, 0) is 0 Å². The second kappa shape index (κ2) is 6.74. The number of piperidine rings is 1. The smallest absolute Gasteiger partial charge is 0.320 e. The Balaban J connectivity index is 2.56. The number of hydrogen-bond donors (Lipinski definition) is 1. The minimum Gasteiger partial charge on any atom is -0.395 e. The van der Waals surface area contributed by atoms with Gasteiger partial charge in [0.15, 0.2) is 0 Å². The molecule has 0 aromatic heterocycles. The van der Waals surface area contributed by atoms with E-state index in [4.69, 9.17) is 5.11 Å². The first kappa shape index (κ1) is 14.2. The van der Waals surface area contributed by atoms with Gasteiger partial charge in [0.2, 0.25) is 0 Å². The maximum atomic E-state index is 12.3. The van der Waals surface area contributed by atoms with Crippen LogP contribution >= 0.6 is 0 Å². The first-order chi connectivity index (χ1) is 8.04. The van der Waals surface area contributed by atoms with Crippen LogP contribution in [-0.4, -0.2) is 60.1 Å².